The Bertz CT molecular complexity index is 1590. The molecule has 2 heterocycles. The number of halogens is 10. The van der Waals surface area contributed by atoms with Gasteiger partial charge < -0.3 is 44.2 Å². The Hall–Kier alpha value is -1.66. The van der Waals surface area contributed by atoms with Crippen LogP contribution in [-0.2, 0) is 43.1 Å². The van der Waals surface area contributed by atoms with Gasteiger partial charge in [0, 0.05) is 102 Å². The lowest BCUT2D eigenvalue weighted by atomic mass is 9.93. The molecule has 2 saturated heterocycles. The summed E-state index contributed by atoms with van der Waals surface area (Å²) in [5.74, 6) is -11.5. The molecule has 416 valence electrons. The van der Waals surface area contributed by atoms with Gasteiger partial charge in [-0.05, 0) is 91.7 Å². The largest absolute Gasteiger partial charge is 0.486 e. The fourth-order valence-corrected chi connectivity index (χ4v) is 34.4. The van der Waals surface area contributed by atoms with Crippen LogP contribution < -0.4 is 10.6 Å². The molecule has 0 spiro atoms. The zero-order valence-electron chi connectivity index (χ0n) is 43.0. The maximum absolute atomic E-state index is 14.2. The van der Waals surface area contributed by atoms with Gasteiger partial charge in [-0.25, -0.2) is 17.6 Å². The van der Waals surface area contributed by atoms with E-state index < -0.39 is 105 Å². The van der Waals surface area contributed by atoms with Crippen LogP contribution in [0.5, 0.6) is 0 Å². The summed E-state index contributed by atoms with van der Waals surface area (Å²) in [5, 5.41) is 5.44. The van der Waals surface area contributed by atoms with E-state index in [1.807, 2.05) is 6.92 Å². The first-order valence-electron chi connectivity index (χ1n) is 24.7. The quantitative estimate of drug-likeness (QED) is 0.0268. The van der Waals surface area contributed by atoms with Crippen LogP contribution in [0.3, 0.4) is 0 Å². The Balaban J connectivity index is 2.59. The summed E-state index contributed by atoms with van der Waals surface area (Å²) in [6.07, 6.45) is -12.0. The predicted octanol–water partition coefficient (Wildman–Crippen LogP) is 11.2. The summed E-state index contributed by atoms with van der Waals surface area (Å²) in [5.41, 5.74) is -0.534. The van der Waals surface area contributed by atoms with Gasteiger partial charge >= 0.3 is 56.1 Å². The van der Waals surface area contributed by atoms with E-state index in [0.29, 0.717) is 39.2 Å². The number of hydrogen-bond donors (Lipinski definition) is 2. The molecule has 0 aliphatic carbocycles. The number of aliphatic imine (C=N–C) groups is 2. The number of carbonyl (C=O) groups excluding carboxylic acids is 2. The van der Waals surface area contributed by atoms with Gasteiger partial charge in [0.15, 0.2) is 0 Å². The van der Waals surface area contributed by atoms with Gasteiger partial charge in [0.25, 0.3) is 0 Å². The van der Waals surface area contributed by atoms with Crippen molar-refractivity contribution in [1.82, 2.24) is 10.6 Å². The van der Waals surface area contributed by atoms with E-state index in [2.05, 4.69) is 20.6 Å². The van der Waals surface area contributed by atoms with Crippen LogP contribution in [0.25, 0.3) is 0 Å². The van der Waals surface area contributed by atoms with E-state index in [1.165, 1.54) is 27.7 Å². The first-order valence-corrected chi connectivity index (χ1v) is 35.0. The first kappa shape index (κ1) is 65.5. The summed E-state index contributed by atoms with van der Waals surface area (Å²) in [4.78, 5) is 31.8. The number of carbonyl (C=O) groups is 2. The molecule has 0 aromatic heterocycles. The van der Waals surface area contributed by atoms with Crippen molar-refractivity contribution >= 4 is 67.0 Å². The Morgan fingerprint density at radius 2 is 0.915 bits per heavy atom. The molecule has 2 N–H and O–H groups in total. The summed E-state index contributed by atoms with van der Waals surface area (Å²) in [6.45, 7) is 14.6. The van der Waals surface area contributed by atoms with Crippen LogP contribution in [0.2, 0.25) is 36.8 Å². The summed E-state index contributed by atoms with van der Waals surface area (Å²) < 4.78 is 193. The van der Waals surface area contributed by atoms with Crippen LogP contribution in [0.1, 0.15) is 133 Å². The molecule has 2 aliphatic rings. The Kier molecular flexibility index (Phi) is 26.2. The number of alkyl halides is 10. The maximum atomic E-state index is 14.2. The van der Waals surface area contributed by atoms with Crippen LogP contribution in [0.4, 0.5) is 43.9 Å². The number of nitrogens with one attached hydrogen (secondary N) is 2. The van der Waals surface area contributed by atoms with Gasteiger partial charge in [0.2, 0.25) is 23.7 Å². The molecule has 2 rings (SSSR count). The molecule has 71 heavy (non-hydrogen) atoms. The molecule has 2 amide bonds. The maximum Gasteiger partial charge on any atom is 0.486 e. The van der Waals surface area contributed by atoms with Gasteiger partial charge in [0.1, 0.15) is 0 Å². The van der Waals surface area contributed by atoms with Gasteiger partial charge in [-0.2, -0.15) is 26.3 Å². The number of nitrogens with zero attached hydrogens (tertiary/aromatic N) is 2. The monoisotopic (exact) mass is 1130 g/mol. The van der Waals surface area contributed by atoms with E-state index in [1.54, 1.807) is 20.4 Å². The molecule has 0 saturated carbocycles. The second-order valence-corrected chi connectivity index (χ2v) is 34.0. The lowest BCUT2D eigenvalue weighted by molar-refractivity contribution is -0.161. The molecule has 0 bridgehead atoms. The zero-order chi connectivity index (χ0) is 54.0. The third-order valence-corrected chi connectivity index (χ3v) is 34.1. The van der Waals surface area contributed by atoms with Crippen molar-refractivity contribution in [3.63, 3.8) is 0 Å². The van der Waals surface area contributed by atoms with E-state index in [0.717, 1.165) is 0 Å². The molecule has 2 aliphatic heterocycles. The minimum atomic E-state index is -4.81. The minimum Gasteiger partial charge on any atom is -0.394 e. The molecular formula is C42H78F10N4O10Si5. The highest BCUT2D eigenvalue weighted by Gasteiger charge is 2.72. The van der Waals surface area contributed by atoms with E-state index in [9.17, 15) is 53.5 Å². The lowest BCUT2D eigenvalue weighted by Crippen LogP contribution is -2.79. The van der Waals surface area contributed by atoms with Crippen LogP contribution in [-0.4, -0.2) is 131 Å². The van der Waals surface area contributed by atoms with Crippen molar-refractivity contribution in [2.24, 2.45) is 21.8 Å². The Morgan fingerprint density at radius 3 is 1.18 bits per heavy atom. The fraction of sp³-hybridized carbons (Fsp3) is 0.905. The van der Waals surface area contributed by atoms with Crippen molar-refractivity contribution in [3.8, 4) is 0 Å². The number of amides is 2. The molecule has 2 atom stereocenters. The molecular weight excluding hydrogens is 1050 g/mol. The summed E-state index contributed by atoms with van der Waals surface area (Å²) in [6, 6.07) is 0.949. The summed E-state index contributed by atoms with van der Waals surface area (Å²) >= 11 is 0. The van der Waals surface area contributed by atoms with Gasteiger partial charge in [-0.1, -0.05) is 27.2 Å². The molecule has 2 unspecified atom stereocenters. The van der Waals surface area contributed by atoms with Gasteiger partial charge in [-0.3, -0.25) is 19.6 Å². The standard InChI is InChI=1S/C42H78F10N4O10Si5/c1-11-28-67(10,61-70(63-68(64-70,59-14-4)29-16-24-53-33(6)57)31-18-26-55-37(12-2)35(41(47,48)49)20-22-39(8,43)44)62-71(65-69(66-71,60-15-5)30-17-25-54-34(7)58)32-19-27-56-38(13-3)36(42(50,51)52)21-23-40(9,45)46/h35-36H,11-32H2,1-10H3,(H,53,57)(H,54,58). The highest BCUT2D eigenvalue weighted by molar-refractivity contribution is 6.96. The van der Waals surface area contributed by atoms with Crippen molar-refractivity contribution in [3.05, 3.63) is 0 Å². The number of rotatable bonds is 36. The van der Waals surface area contributed by atoms with Crippen molar-refractivity contribution in [1.29, 1.82) is 0 Å². The van der Waals surface area contributed by atoms with Crippen LogP contribution in [0, 0.1) is 11.8 Å². The van der Waals surface area contributed by atoms with Crippen LogP contribution >= 0.6 is 0 Å². The SMILES string of the molecule is CCC[Si](C)(O[Si]1(CCCN=C(CC)C(CCC(C)(F)F)C(F)(F)F)O[Si](CCCNC(C)=O)(OCC)O1)O[Si]1(CCCN=C(CC)C(CCC(C)(F)F)C(F)(F)F)O[Si](CCCNC(C)=O)(OCC)O1. The van der Waals surface area contributed by atoms with E-state index >= 15 is 0 Å². The molecule has 0 aromatic carbocycles. The molecule has 14 nitrogen and oxygen atoms in total. The predicted molar refractivity (Wildman–Crippen MR) is 259 cm³/mol. The average Bonchev–Trinajstić information content (AvgIpc) is 3.19. The first-order chi connectivity index (χ1) is 32.8. The van der Waals surface area contributed by atoms with Crippen molar-refractivity contribution in [2.75, 3.05) is 39.4 Å². The average molecular weight is 1130 g/mol. The van der Waals surface area contributed by atoms with Gasteiger partial charge in [-0.15, -0.1) is 0 Å². The fourth-order valence-electron chi connectivity index (χ4n) is 8.44. The van der Waals surface area contributed by atoms with E-state index in [4.69, 9.17) is 33.5 Å². The third kappa shape index (κ3) is 23.0. The van der Waals surface area contributed by atoms with E-state index in [-0.39, 0.29) is 112 Å². The molecule has 2 fully saturated rings. The Morgan fingerprint density at radius 1 is 0.577 bits per heavy atom. The zero-order valence-corrected chi connectivity index (χ0v) is 48.0. The van der Waals surface area contributed by atoms with Gasteiger partial charge in [0.05, 0.1) is 11.8 Å². The summed E-state index contributed by atoms with van der Waals surface area (Å²) in [7, 11) is -18.3. The molecule has 0 radical (unpaired) electrons. The Labute approximate surface area is 418 Å². The topological polar surface area (TPSA) is 157 Å². The second-order valence-electron chi connectivity index (χ2n) is 18.3. The van der Waals surface area contributed by atoms with Crippen molar-refractivity contribution in [2.45, 2.75) is 194 Å². The highest BCUT2D eigenvalue weighted by atomic mass is 28.6. The normalized spacial score (nSPS) is 25.2. The lowest BCUT2D eigenvalue weighted by Gasteiger charge is -2.56. The van der Waals surface area contributed by atoms with Crippen molar-refractivity contribution < 1.29 is 87.0 Å². The number of hydrogen-bond acceptors (Lipinski definition) is 12. The smallest absolute Gasteiger partial charge is 0.394 e. The third-order valence-electron chi connectivity index (χ3n) is 11.5. The minimum absolute atomic E-state index is 0.0380. The molecule has 0 aromatic rings. The second kappa shape index (κ2) is 28.5. The van der Waals surface area contributed by atoms with Crippen LogP contribution in [0.15, 0.2) is 9.98 Å². The highest BCUT2D eigenvalue weighted by Crippen LogP contribution is 2.46. The molecule has 29 heteroatoms.